The van der Waals surface area contributed by atoms with Crippen molar-refractivity contribution in [3.05, 3.63) is 52.7 Å². The van der Waals surface area contributed by atoms with E-state index in [1.54, 1.807) is 6.33 Å². The quantitative estimate of drug-likeness (QED) is 0.745. The Morgan fingerprint density at radius 1 is 1.17 bits per heavy atom. The minimum Gasteiger partial charge on any atom is -0.367 e. The number of thiophene rings is 1. The largest absolute Gasteiger partial charge is 0.367 e. The molecule has 3 aromatic rings. The second-order valence-electron chi connectivity index (χ2n) is 6.33. The Morgan fingerprint density at radius 3 is 2.91 bits per heavy atom. The molecule has 4 rings (SSSR count). The van der Waals surface area contributed by atoms with Gasteiger partial charge < -0.3 is 5.32 Å². The Morgan fingerprint density at radius 2 is 2.04 bits per heavy atom. The summed E-state index contributed by atoms with van der Waals surface area (Å²) >= 11 is 1.85. The van der Waals surface area contributed by atoms with Crippen LogP contribution in [0.2, 0.25) is 0 Å². The van der Waals surface area contributed by atoms with Crippen LogP contribution < -0.4 is 5.32 Å². The third-order valence-electron chi connectivity index (χ3n) is 4.59. The van der Waals surface area contributed by atoms with E-state index in [9.17, 15) is 0 Å². The Bertz CT molecular complexity index is 810. The van der Waals surface area contributed by atoms with Gasteiger partial charge in [-0.2, -0.15) is 0 Å². The van der Waals surface area contributed by atoms with Gasteiger partial charge in [-0.1, -0.05) is 30.3 Å². The maximum Gasteiger partial charge on any atom is 0.138 e. The number of benzene rings is 1. The van der Waals surface area contributed by atoms with E-state index >= 15 is 0 Å². The van der Waals surface area contributed by atoms with Crippen LogP contribution in [0.25, 0.3) is 10.2 Å². The van der Waals surface area contributed by atoms with E-state index in [1.165, 1.54) is 40.7 Å². The molecular formula is C19H21N3S. The number of hydrogen-bond donors (Lipinski definition) is 1. The first kappa shape index (κ1) is 14.6. The van der Waals surface area contributed by atoms with Gasteiger partial charge in [0.1, 0.15) is 17.0 Å². The van der Waals surface area contributed by atoms with Crippen molar-refractivity contribution in [2.45, 2.75) is 45.1 Å². The molecule has 1 aliphatic rings. The number of anilines is 1. The lowest BCUT2D eigenvalue weighted by Gasteiger charge is -2.15. The molecule has 3 nitrogen and oxygen atoms in total. The fourth-order valence-electron chi connectivity index (χ4n) is 3.37. The Labute approximate surface area is 140 Å². The molecule has 118 valence electrons. The monoisotopic (exact) mass is 323 g/mol. The molecule has 1 atom stereocenters. The fourth-order valence-corrected chi connectivity index (χ4v) is 4.60. The van der Waals surface area contributed by atoms with Crippen LogP contribution in [0.4, 0.5) is 5.82 Å². The number of rotatable bonds is 5. The third-order valence-corrected chi connectivity index (χ3v) is 5.79. The van der Waals surface area contributed by atoms with E-state index in [-0.39, 0.29) is 0 Å². The fraction of sp³-hybridized carbons (Fsp3) is 0.368. The summed E-state index contributed by atoms with van der Waals surface area (Å²) < 4.78 is 0. The van der Waals surface area contributed by atoms with Gasteiger partial charge in [-0.05, 0) is 50.2 Å². The van der Waals surface area contributed by atoms with Crippen molar-refractivity contribution in [1.29, 1.82) is 0 Å². The van der Waals surface area contributed by atoms with Crippen LogP contribution in [-0.2, 0) is 19.3 Å². The highest BCUT2D eigenvalue weighted by atomic mass is 32.1. The van der Waals surface area contributed by atoms with Crippen LogP contribution in [0.5, 0.6) is 0 Å². The highest BCUT2D eigenvalue weighted by molar-refractivity contribution is 7.19. The van der Waals surface area contributed by atoms with Gasteiger partial charge in [-0.15, -0.1) is 11.3 Å². The predicted octanol–water partition coefficient (Wildman–Crippen LogP) is 4.61. The Hall–Kier alpha value is -1.94. The zero-order valence-electron chi connectivity index (χ0n) is 13.4. The molecule has 1 aromatic carbocycles. The molecule has 0 fully saturated rings. The highest BCUT2D eigenvalue weighted by Crippen LogP contribution is 2.39. The molecule has 0 saturated heterocycles. The summed E-state index contributed by atoms with van der Waals surface area (Å²) in [5, 5.41) is 4.90. The zero-order chi connectivity index (χ0) is 15.6. The molecule has 2 aromatic heterocycles. The van der Waals surface area contributed by atoms with Gasteiger partial charge in [0.2, 0.25) is 0 Å². The Kier molecular flexibility index (Phi) is 4.00. The number of nitrogens with one attached hydrogen (secondary N) is 1. The number of nitrogens with zero attached hydrogens (tertiary/aromatic N) is 2. The van der Waals surface area contributed by atoms with E-state index in [0.29, 0.717) is 6.04 Å². The van der Waals surface area contributed by atoms with Crippen molar-refractivity contribution in [2.24, 2.45) is 0 Å². The first-order valence-electron chi connectivity index (χ1n) is 8.37. The second kappa shape index (κ2) is 6.28. The second-order valence-corrected chi connectivity index (χ2v) is 7.41. The smallest absolute Gasteiger partial charge is 0.138 e. The molecule has 0 unspecified atom stereocenters. The maximum absolute atomic E-state index is 4.54. The summed E-state index contributed by atoms with van der Waals surface area (Å²) in [6.07, 6.45) is 7.54. The lowest BCUT2D eigenvalue weighted by molar-refractivity contribution is 0.703. The average molecular weight is 323 g/mol. The van der Waals surface area contributed by atoms with Gasteiger partial charge in [-0.3, -0.25) is 0 Å². The van der Waals surface area contributed by atoms with Crippen molar-refractivity contribution >= 4 is 27.4 Å². The summed E-state index contributed by atoms with van der Waals surface area (Å²) in [7, 11) is 0. The van der Waals surface area contributed by atoms with Crippen LogP contribution in [0.3, 0.4) is 0 Å². The van der Waals surface area contributed by atoms with E-state index in [4.69, 9.17) is 0 Å². The van der Waals surface area contributed by atoms with Crippen LogP contribution in [-0.4, -0.2) is 16.0 Å². The van der Waals surface area contributed by atoms with E-state index in [0.717, 1.165) is 23.5 Å². The van der Waals surface area contributed by atoms with Gasteiger partial charge in [0.25, 0.3) is 0 Å². The van der Waals surface area contributed by atoms with Crippen LogP contribution in [0, 0.1) is 0 Å². The SMILES string of the molecule is C[C@H](CCc1ccccc1)Nc1ncnc2sc3c(c12)CCC3. The van der Waals surface area contributed by atoms with E-state index < -0.39 is 0 Å². The van der Waals surface area contributed by atoms with Crippen LogP contribution in [0.1, 0.15) is 35.8 Å². The molecule has 0 radical (unpaired) electrons. The zero-order valence-corrected chi connectivity index (χ0v) is 14.2. The standard InChI is InChI=1S/C19H21N3S/c1-13(10-11-14-6-3-2-4-7-14)22-18-17-15-8-5-9-16(15)23-19(17)21-12-20-18/h2-4,6-7,12-13H,5,8-11H2,1H3,(H,20,21,22)/t13-/m1/s1. The van der Waals surface area contributed by atoms with Crippen LogP contribution in [0.15, 0.2) is 36.7 Å². The summed E-state index contributed by atoms with van der Waals surface area (Å²) in [6, 6.07) is 11.1. The van der Waals surface area contributed by atoms with Crippen molar-refractivity contribution < 1.29 is 0 Å². The third kappa shape index (κ3) is 2.95. The van der Waals surface area contributed by atoms with Gasteiger partial charge >= 0.3 is 0 Å². The first-order valence-corrected chi connectivity index (χ1v) is 9.18. The molecule has 1 aliphatic carbocycles. The van der Waals surface area contributed by atoms with Crippen LogP contribution >= 0.6 is 11.3 Å². The predicted molar refractivity (Wildman–Crippen MR) is 97.3 cm³/mol. The molecular weight excluding hydrogens is 302 g/mol. The highest BCUT2D eigenvalue weighted by Gasteiger charge is 2.21. The lowest BCUT2D eigenvalue weighted by Crippen LogP contribution is -2.17. The number of aromatic nitrogens is 2. The van der Waals surface area contributed by atoms with Gasteiger partial charge in [0.05, 0.1) is 5.39 Å². The molecule has 23 heavy (non-hydrogen) atoms. The summed E-state index contributed by atoms with van der Waals surface area (Å²) in [4.78, 5) is 11.7. The molecule has 4 heteroatoms. The number of aryl methyl sites for hydroxylation is 3. The Balaban J connectivity index is 1.51. The van der Waals surface area contributed by atoms with Crippen molar-refractivity contribution in [3.8, 4) is 0 Å². The molecule has 0 saturated carbocycles. The topological polar surface area (TPSA) is 37.8 Å². The molecule has 2 heterocycles. The van der Waals surface area contributed by atoms with Crippen molar-refractivity contribution in [2.75, 3.05) is 5.32 Å². The molecule has 1 N–H and O–H groups in total. The number of fused-ring (bicyclic) bond motifs is 3. The average Bonchev–Trinajstić information content (AvgIpc) is 3.15. The minimum absolute atomic E-state index is 0.394. The van der Waals surface area contributed by atoms with Gasteiger partial charge in [0, 0.05) is 10.9 Å². The van der Waals surface area contributed by atoms with E-state index in [1.807, 2.05) is 11.3 Å². The maximum atomic E-state index is 4.54. The lowest BCUT2D eigenvalue weighted by atomic mass is 10.1. The molecule has 0 spiro atoms. The van der Waals surface area contributed by atoms with Crippen molar-refractivity contribution in [1.82, 2.24) is 9.97 Å². The summed E-state index contributed by atoms with van der Waals surface area (Å²) in [6.45, 7) is 2.24. The summed E-state index contributed by atoms with van der Waals surface area (Å²) in [5.41, 5.74) is 2.88. The first-order chi connectivity index (χ1) is 11.3. The normalized spacial score (nSPS) is 14.8. The van der Waals surface area contributed by atoms with Crippen molar-refractivity contribution in [3.63, 3.8) is 0 Å². The minimum atomic E-state index is 0.394. The van der Waals surface area contributed by atoms with Gasteiger partial charge in [-0.25, -0.2) is 9.97 Å². The molecule has 0 aliphatic heterocycles. The summed E-state index contributed by atoms with van der Waals surface area (Å²) in [5.74, 6) is 1.02. The van der Waals surface area contributed by atoms with Gasteiger partial charge in [0.15, 0.2) is 0 Å². The number of hydrogen-bond acceptors (Lipinski definition) is 4. The molecule has 0 bridgehead atoms. The molecule has 0 amide bonds. The van der Waals surface area contributed by atoms with E-state index in [2.05, 4.69) is 52.5 Å².